The predicted octanol–water partition coefficient (Wildman–Crippen LogP) is 2.74. The highest BCUT2D eigenvalue weighted by Gasteiger charge is 2.13. The van der Waals surface area contributed by atoms with Crippen LogP contribution in [0.4, 0.5) is 0 Å². The number of rotatable bonds is 5. The molecule has 1 aromatic carbocycles. The van der Waals surface area contributed by atoms with Crippen LogP contribution in [0, 0.1) is 0 Å². The van der Waals surface area contributed by atoms with E-state index < -0.39 is 0 Å². The van der Waals surface area contributed by atoms with Crippen LogP contribution < -0.4 is 5.32 Å². The maximum atomic E-state index is 5.92. The molecule has 0 aliphatic carbocycles. The highest BCUT2D eigenvalue weighted by Crippen LogP contribution is 2.18. The molecule has 3 nitrogen and oxygen atoms in total. The Hall–Kier alpha value is -1.32. The number of aromatic nitrogens is 2. The van der Waals surface area contributed by atoms with Crippen LogP contribution in [0.5, 0.6) is 0 Å². The van der Waals surface area contributed by atoms with E-state index in [1.54, 1.807) is 6.20 Å². The molecule has 1 atom stereocenters. The van der Waals surface area contributed by atoms with E-state index in [0.29, 0.717) is 5.02 Å². The van der Waals surface area contributed by atoms with Gasteiger partial charge in [-0.05, 0) is 12.1 Å². The van der Waals surface area contributed by atoms with Gasteiger partial charge in [-0.1, -0.05) is 48.9 Å². The maximum absolute atomic E-state index is 5.92. The SMILES string of the molecule is CCNCC(c1ccccc1)n1cc(Cl)cn1. The summed E-state index contributed by atoms with van der Waals surface area (Å²) in [6.07, 6.45) is 3.53. The molecule has 1 unspecified atom stereocenters. The second kappa shape index (κ2) is 5.84. The topological polar surface area (TPSA) is 29.9 Å². The Labute approximate surface area is 106 Å². The predicted molar refractivity (Wildman–Crippen MR) is 70.4 cm³/mol. The summed E-state index contributed by atoms with van der Waals surface area (Å²) in [6, 6.07) is 10.5. The summed E-state index contributed by atoms with van der Waals surface area (Å²) in [4.78, 5) is 0. The van der Waals surface area contributed by atoms with E-state index in [9.17, 15) is 0 Å². The first-order valence-corrected chi connectivity index (χ1v) is 6.14. The number of likely N-dealkylation sites (N-methyl/N-ethyl adjacent to an activating group) is 1. The van der Waals surface area contributed by atoms with Crippen LogP contribution in [0.1, 0.15) is 18.5 Å². The molecule has 1 aromatic heterocycles. The molecule has 0 aliphatic heterocycles. The Kier molecular flexibility index (Phi) is 4.18. The van der Waals surface area contributed by atoms with Gasteiger partial charge in [0.05, 0.1) is 17.3 Å². The molecule has 0 bridgehead atoms. The Morgan fingerprint density at radius 2 is 2.12 bits per heavy atom. The second-order valence-electron chi connectivity index (χ2n) is 3.87. The molecule has 0 radical (unpaired) electrons. The standard InChI is InChI=1S/C13H16ClN3/c1-2-15-9-13(11-6-4-3-5-7-11)17-10-12(14)8-16-17/h3-8,10,13,15H,2,9H2,1H3. The van der Waals surface area contributed by atoms with Crippen LogP contribution in [0.2, 0.25) is 5.02 Å². The first kappa shape index (κ1) is 12.1. The Morgan fingerprint density at radius 3 is 2.71 bits per heavy atom. The fourth-order valence-corrected chi connectivity index (χ4v) is 1.95. The molecule has 0 fully saturated rings. The zero-order chi connectivity index (χ0) is 12.1. The highest BCUT2D eigenvalue weighted by molar-refractivity contribution is 6.30. The van der Waals surface area contributed by atoms with Crippen molar-refractivity contribution in [1.29, 1.82) is 0 Å². The van der Waals surface area contributed by atoms with Crippen LogP contribution in [0.15, 0.2) is 42.7 Å². The average Bonchev–Trinajstić information content (AvgIpc) is 2.78. The van der Waals surface area contributed by atoms with Gasteiger partial charge in [0.15, 0.2) is 0 Å². The van der Waals surface area contributed by atoms with Crippen molar-refractivity contribution in [1.82, 2.24) is 15.1 Å². The maximum Gasteiger partial charge on any atom is 0.0893 e. The van der Waals surface area contributed by atoms with E-state index >= 15 is 0 Å². The molecule has 0 spiro atoms. The molecule has 90 valence electrons. The number of benzene rings is 1. The smallest absolute Gasteiger partial charge is 0.0893 e. The van der Waals surface area contributed by atoms with Crippen molar-refractivity contribution in [3.63, 3.8) is 0 Å². The average molecular weight is 250 g/mol. The van der Waals surface area contributed by atoms with Gasteiger partial charge < -0.3 is 5.32 Å². The summed E-state index contributed by atoms with van der Waals surface area (Å²) >= 11 is 5.92. The summed E-state index contributed by atoms with van der Waals surface area (Å²) in [5, 5.41) is 8.31. The number of nitrogens with one attached hydrogen (secondary N) is 1. The van der Waals surface area contributed by atoms with Crippen molar-refractivity contribution < 1.29 is 0 Å². The van der Waals surface area contributed by atoms with Crippen molar-refractivity contribution in [3.8, 4) is 0 Å². The van der Waals surface area contributed by atoms with Crippen molar-refractivity contribution in [3.05, 3.63) is 53.3 Å². The third-order valence-corrected chi connectivity index (χ3v) is 2.86. The Bertz CT molecular complexity index is 453. The van der Waals surface area contributed by atoms with E-state index in [4.69, 9.17) is 11.6 Å². The number of hydrogen-bond acceptors (Lipinski definition) is 2. The molecule has 0 saturated carbocycles. The lowest BCUT2D eigenvalue weighted by molar-refractivity contribution is 0.487. The monoisotopic (exact) mass is 249 g/mol. The van der Waals surface area contributed by atoms with Crippen molar-refractivity contribution in [2.45, 2.75) is 13.0 Å². The normalized spacial score (nSPS) is 12.6. The molecule has 2 rings (SSSR count). The van der Waals surface area contributed by atoms with E-state index in [0.717, 1.165) is 13.1 Å². The van der Waals surface area contributed by atoms with Crippen molar-refractivity contribution in [2.24, 2.45) is 0 Å². The van der Waals surface area contributed by atoms with Gasteiger partial charge in [0.1, 0.15) is 0 Å². The van der Waals surface area contributed by atoms with Crippen molar-refractivity contribution >= 4 is 11.6 Å². The van der Waals surface area contributed by atoms with E-state index in [1.807, 2.05) is 29.1 Å². The Morgan fingerprint density at radius 1 is 1.35 bits per heavy atom. The molecule has 0 saturated heterocycles. The Balaban J connectivity index is 2.25. The zero-order valence-electron chi connectivity index (χ0n) is 9.81. The number of hydrogen-bond donors (Lipinski definition) is 1. The lowest BCUT2D eigenvalue weighted by Gasteiger charge is -2.18. The van der Waals surface area contributed by atoms with Crippen LogP contribution >= 0.6 is 11.6 Å². The van der Waals surface area contributed by atoms with E-state index in [2.05, 4.69) is 29.5 Å². The van der Waals surface area contributed by atoms with Crippen LogP contribution in [0.3, 0.4) is 0 Å². The largest absolute Gasteiger partial charge is 0.315 e. The summed E-state index contributed by atoms with van der Waals surface area (Å²) in [5.41, 5.74) is 1.23. The molecule has 2 aromatic rings. The van der Waals surface area contributed by atoms with Gasteiger partial charge in [-0.25, -0.2) is 0 Å². The van der Waals surface area contributed by atoms with E-state index in [-0.39, 0.29) is 6.04 Å². The van der Waals surface area contributed by atoms with Crippen LogP contribution in [-0.4, -0.2) is 22.9 Å². The quantitative estimate of drug-likeness (QED) is 0.883. The minimum Gasteiger partial charge on any atom is -0.315 e. The highest BCUT2D eigenvalue weighted by atomic mass is 35.5. The van der Waals surface area contributed by atoms with Crippen molar-refractivity contribution in [2.75, 3.05) is 13.1 Å². The molecule has 4 heteroatoms. The minimum absolute atomic E-state index is 0.184. The molecule has 0 aliphatic rings. The summed E-state index contributed by atoms with van der Waals surface area (Å²) in [6.45, 7) is 3.88. The lowest BCUT2D eigenvalue weighted by Crippen LogP contribution is -2.26. The van der Waals surface area contributed by atoms with Crippen LogP contribution in [-0.2, 0) is 0 Å². The van der Waals surface area contributed by atoms with Gasteiger partial charge in [0.25, 0.3) is 0 Å². The van der Waals surface area contributed by atoms with E-state index in [1.165, 1.54) is 5.56 Å². The van der Waals surface area contributed by atoms with Gasteiger partial charge in [-0.2, -0.15) is 5.10 Å². The third kappa shape index (κ3) is 3.08. The summed E-state index contributed by atoms with van der Waals surface area (Å²) < 4.78 is 1.90. The molecule has 1 N–H and O–H groups in total. The van der Waals surface area contributed by atoms with Gasteiger partial charge in [-0.3, -0.25) is 4.68 Å². The third-order valence-electron chi connectivity index (χ3n) is 2.66. The van der Waals surface area contributed by atoms with Gasteiger partial charge in [0.2, 0.25) is 0 Å². The number of halogens is 1. The summed E-state index contributed by atoms with van der Waals surface area (Å²) in [5.74, 6) is 0. The molecule has 17 heavy (non-hydrogen) atoms. The van der Waals surface area contributed by atoms with Gasteiger partial charge >= 0.3 is 0 Å². The first-order chi connectivity index (χ1) is 8.31. The fraction of sp³-hybridized carbons (Fsp3) is 0.308. The lowest BCUT2D eigenvalue weighted by atomic mass is 10.1. The van der Waals surface area contributed by atoms with Gasteiger partial charge in [-0.15, -0.1) is 0 Å². The molecule has 1 heterocycles. The first-order valence-electron chi connectivity index (χ1n) is 5.76. The van der Waals surface area contributed by atoms with Gasteiger partial charge in [0, 0.05) is 12.7 Å². The summed E-state index contributed by atoms with van der Waals surface area (Å²) in [7, 11) is 0. The molecular weight excluding hydrogens is 234 g/mol. The molecular formula is C13H16ClN3. The second-order valence-corrected chi connectivity index (χ2v) is 4.31. The minimum atomic E-state index is 0.184. The molecule has 0 amide bonds. The van der Waals surface area contributed by atoms with Crippen LogP contribution in [0.25, 0.3) is 0 Å². The number of nitrogens with zero attached hydrogens (tertiary/aromatic N) is 2. The zero-order valence-corrected chi connectivity index (χ0v) is 10.6. The fourth-order valence-electron chi connectivity index (χ4n) is 1.81.